The molecular weight excluding hydrogens is 715 g/mol. The first-order chi connectivity index (χ1) is 24.5. The number of aromatic amines is 1. The maximum absolute atomic E-state index is 14.1. The molecule has 0 unspecified atom stereocenters. The van der Waals surface area contributed by atoms with Gasteiger partial charge in [0.25, 0.3) is 10.1 Å². The van der Waals surface area contributed by atoms with Crippen LogP contribution in [-0.2, 0) is 47.2 Å². The van der Waals surface area contributed by atoms with E-state index >= 15 is 0 Å². The maximum atomic E-state index is 14.1. The van der Waals surface area contributed by atoms with Crippen LogP contribution in [0.5, 0.6) is 0 Å². The highest BCUT2D eigenvalue weighted by atomic mass is 32.2. The fraction of sp³-hybridized carbons (Fsp3) is 0.657. The summed E-state index contributed by atoms with van der Waals surface area (Å²) < 4.78 is 56.8. The fourth-order valence-corrected chi connectivity index (χ4v) is 8.60. The Morgan fingerprint density at radius 2 is 1.62 bits per heavy atom. The summed E-state index contributed by atoms with van der Waals surface area (Å²) in [6, 6.07) is 6.65. The van der Waals surface area contributed by atoms with Gasteiger partial charge in [-0.3, -0.25) is 18.9 Å². The largest absolute Gasteiger partial charge is 0.390 e. The molecule has 17 heteroatoms. The number of benzene rings is 1. The average molecular weight is 768 g/mol. The number of hydrogen-bond acceptors (Lipinski definition) is 10. The van der Waals surface area contributed by atoms with Gasteiger partial charge in [0.1, 0.15) is 16.9 Å². The van der Waals surface area contributed by atoms with Gasteiger partial charge in [0, 0.05) is 24.9 Å². The van der Waals surface area contributed by atoms with Gasteiger partial charge in [0.05, 0.1) is 35.9 Å². The number of amides is 3. The minimum absolute atomic E-state index is 0.0402. The second kappa shape index (κ2) is 18.1. The number of sulfone groups is 1. The van der Waals surface area contributed by atoms with Crippen LogP contribution in [0.4, 0.5) is 0 Å². The number of H-pyrrole nitrogens is 1. The lowest BCUT2D eigenvalue weighted by molar-refractivity contribution is -0.132. The lowest BCUT2D eigenvalue weighted by Gasteiger charge is -2.33. The van der Waals surface area contributed by atoms with Gasteiger partial charge in [-0.05, 0) is 56.9 Å². The molecule has 1 heterocycles. The van der Waals surface area contributed by atoms with Gasteiger partial charge in [-0.15, -0.1) is 0 Å². The van der Waals surface area contributed by atoms with E-state index in [0.29, 0.717) is 17.7 Å². The van der Waals surface area contributed by atoms with E-state index in [-0.39, 0.29) is 24.7 Å². The van der Waals surface area contributed by atoms with Crippen molar-refractivity contribution >= 4 is 37.7 Å². The van der Waals surface area contributed by atoms with Crippen LogP contribution in [0.2, 0.25) is 0 Å². The van der Waals surface area contributed by atoms with Gasteiger partial charge in [-0.25, -0.2) is 13.4 Å². The Labute approximate surface area is 305 Å². The normalized spacial score (nSPS) is 18.8. The van der Waals surface area contributed by atoms with Gasteiger partial charge in [-0.1, -0.05) is 62.4 Å². The Bertz CT molecular complexity index is 1690. The number of hydrogen-bond donors (Lipinski definition) is 7. The number of aromatic nitrogens is 2. The molecule has 4 rings (SSSR count). The second-order valence-electron chi connectivity index (χ2n) is 14.7. The van der Waals surface area contributed by atoms with Crippen molar-refractivity contribution in [3.05, 3.63) is 54.1 Å². The molecule has 0 saturated heterocycles. The van der Waals surface area contributed by atoms with Gasteiger partial charge >= 0.3 is 0 Å². The first kappa shape index (κ1) is 41.4. The number of carbonyl (C=O) groups excluding carboxylic acids is 3. The number of nitrogens with zero attached hydrogens (tertiary/aromatic N) is 1. The Hall–Kier alpha value is -3.38. The molecular formula is C35H53N5O10S2. The second-order valence-corrected chi connectivity index (χ2v) is 18.9. The van der Waals surface area contributed by atoms with Crippen molar-refractivity contribution in [1.82, 2.24) is 25.9 Å². The van der Waals surface area contributed by atoms with E-state index in [1.54, 1.807) is 30.3 Å². The van der Waals surface area contributed by atoms with Crippen LogP contribution in [0.15, 0.2) is 42.9 Å². The number of imidazole rings is 1. The van der Waals surface area contributed by atoms with E-state index in [0.717, 1.165) is 58.8 Å². The van der Waals surface area contributed by atoms with E-state index in [2.05, 4.69) is 25.9 Å². The minimum atomic E-state index is -4.42. The standard InChI is InChI=1S/C35H53N5O10S2/c1-35(2,34(45)37-15-16-52(48,49)50)51(46,47)21-26(17-23-9-5-3-6-10-23)32(43)40-29(19-27-20-36-22-38-27)33(44)39-28(18-24-11-7-4-8-12-24)31(42)30(41)25-13-14-25/h3,5-6,9-10,20,22,24-26,28-31,41-42H,4,7-8,11-19,21H2,1-2H3,(H,36,38)(H,37,45)(H,39,44)(H,40,43)(H,48,49,50)/t26-,28-,29-,30-,31+/m0/s1. The van der Waals surface area contributed by atoms with Crippen molar-refractivity contribution < 1.29 is 46.0 Å². The van der Waals surface area contributed by atoms with E-state index < -0.39 is 90.7 Å². The van der Waals surface area contributed by atoms with Crippen molar-refractivity contribution in [2.24, 2.45) is 17.8 Å². The number of aliphatic hydroxyl groups excluding tert-OH is 2. The van der Waals surface area contributed by atoms with Crippen LogP contribution < -0.4 is 16.0 Å². The molecule has 52 heavy (non-hydrogen) atoms. The topological polar surface area (TPSA) is 245 Å². The highest BCUT2D eigenvalue weighted by molar-refractivity contribution is 7.93. The molecule has 2 aromatic rings. The third kappa shape index (κ3) is 12.1. The van der Waals surface area contributed by atoms with Crippen molar-refractivity contribution in [2.75, 3.05) is 18.1 Å². The molecule has 1 aromatic heterocycles. The molecule has 5 atom stereocenters. The van der Waals surface area contributed by atoms with Crippen molar-refractivity contribution in [3.63, 3.8) is 0 Å². The van der Waals surface area contributed by atoms with Crippen molar-refractivity contribution in [2.45, 2.75) is 107 Å². The summed E-state index contributed by atoms with van der Waals surface area (Å²) in [6.45, 7) is 1.76. The quantitative estimate of drug-likeness (QED) is 0.0940. The summed E-state index contributed by atoms with van der Waals surface area (Å²) in [4.78, 5) is 48.1. The smallest absolute Gasteiger partial charge is 0.266 e. The van der Waals surface area contributed by atoms with Crippen molar-refractivity contribution in [1.29, 1.82) is 0 Å². The summed E-state index contributed by atoms with van der Waals surface area (Å²) in [5.74, 6) is -5.07. The van der Waals surface area contributed by atoms with Gasteiger partial charge in [-0.2, -0.15) is 8.42 Å². The molecule has 0 spiro atoms. The average Bonchev–Trinajstić information content (AvgIpc) is 3.82. The zero-order chi connectivity index (χ0) is 38.1. The number of carbonyl (C=O) groups is 3. The molecule has 2 aliphatic rings. The molecule has 290 valence electrons. The maximum Gasteiger partial charge on any atom is 0.266 e. The van der Waals surface area contributed by atoms with Crippen LogP contribution in [0, 0.1) is 17.8 Å². The highest BCUT2D eigenvalue weighted by Gasteiger charge is 2.44. The Morgan fingerprint density at radius 1 is 0.942 bits per heavy atom. The minimum Gasteiger partial charge on any atom is -0.390 e. The van der Waals surface area contributed by atoms with Crippen LogP contribution in [0.1, 0.15) is 76.5 Å². The van der Waals surface area contributed by atoms with E-state index in [1.165, 1.54) is 12.5 Å². The Balaban J connectivity index is 1.57. The van der Waals surface area contributed by atoms with Gasteiger partial charge < -0.3 is 31.1 Å². The molecule has 1 aromatic carbocycles. The third-order valence-electron chi connectivity index (χ3n) is 10.2. The molecule has 2 saturated carbocycles. The Morgan fingerprint density at radius 3 is 2.21 bits per heavy atom. The molecule has 15 nitrogen and oxygen atoms in total. The lowest BCUT2D eigenvalue weighted by Crippen LogP contribution is -2.57. The summed E-state index contributed by atoms with van der Waals surface area (Å²) in [7, 11) is -8.83. The summed E-state index contributed by atoms with van der Waals surface area (Å²) in [5.41, 5.74) is 1.14. The molecule has 2 aliphatic carbocycles. The molecule has 3 amide bonds. The number of nitrogens with one attached hydrogen (secondary N) is 4. The zero-order valence-electron chi connectivity index (χ0n) is 29.7. The third-order valence-corrected chi connectivity index (χ3v) is 13.5. The first-order valence-electron chi connectivity index (χ1n) is 17.9. The zero-order valence-corrected chi connectivity index (χ0v) is 31.4. The monoisotopic (exact) mass is 767 g/mol. The molecule has 2 fully saturated rings. The van der Waals surface area contributed by atoms with E-state index in [1.807, 2.05) is 0 Å². The van der Waals surface area contributed by atoms with Gasteiger partial charge in [0.15, 0.2) is 9.84 Å². The van der Waals surface area contributed by atoms with Crippen LogP contribution in [-0.4, -0.2) is 106 Å². The van der Waals surface area contributed by atoms with E-state index in [4.69, 9.17) is 4.55 Å². The Kier molecular flexibility index (Phi) is 14.4. The molecule has 0 aliphatic heterocycles. The summed E-state index contributed by atoms with van der Waals surface area (Å²) in [6.07, 6.45) is 7.70. The van der Waals surface area contributed by atoms with Crippen LogP contribution in [0.3, 0.4) is 0 Å². The summed E-state index contributed by atoms with van der Waals surface area (Å²) in [5, 5.41) is 30.0. The highest BCUT2D eigenvalue weighted by Crippen LogP contribution is 2.36. The van der Waals surface area contributed by atoms with Crippen LogP contribution >= 0.6 is 0 Å². The summed E-state index contributed by atoms with van der Waals surface area (Å²) >= 11 is 0. The number of aliphatic hydroxyl groups is 2. The van der Waals surface area contributed by atoms with E-state index in [9.17, 15) is 41.4 Å². The molecule has 0 radical (unpaired) electrons. The van der Waals surface area contributed by atoms with Gasteiger partial charge in [0.2, 0.25) is 17.7 Å². The fourth-order valence-electron chi connectivity index (χ4n) is 6.67. The first-order valence-corrected chi connectivity index (χ1v) is 21.2. The predicted molar refractivity (Wildman–Crippen MR) is 193 cm³/mol. The number of rotatable bonds is 20. The van der Waals surface area contributed by atoms with Crippen molar-refractivity contribution in [3.8, 4) is 0 Å². The molecule has 0 bridgehead atoms. The SMILES string of the molecule is CC(C)(C(=O)NCCS(=O)(=O)O)S(=O)(=O)C[C@H](Cc1ccccc1)C(=O)N[C@@H](Cc1cnc[nH]1)C(=O)N[C@@H](CC1CCCCC1)[C@@H](O)[C@@H](O)C1CC1. The lowest BCUT2D eigenvalue weighted by atomic mass is 9.82. The van der Waals surface area contributed by atoms with Crippen LogP contribution in [0.25, 0.3) is 0 Å². The predicted octanol–water partition coefficient (Wildman–Crippen LogP) is 1.08. The molecule has 7 N–H and O–H groups in total.